The van der Waals surface area contributed by atoms with Crippen molar-refractivity contribution >= 4 is 17.0 Å². The summed E-state index contributed by atoms with van der Waals surface area (Å²) in [4.78, 5) is 15.9. The van der Waals surface area contributed by atoms with Gasteiger partial charge in [-0.3, -0.25) is 0 Å². The molecule has 0 aliphatic heterocycles. The SMILES string of the molecule is Cn1c(C2CCCCC2(C)C)nc2cc(C(=O)O)ccc21. The van der Waals surface area contributed by atoms with E-state index in [9.17, 15) is 4.79 Å². The molecule has 21 heavy (non-hydrogen) atoms. The summed E-state index contributed by atoms with van der Waals surface area (Å²) < 4.78 is 2.14. The number of hydrogen-bond acceptors (Lipinski definition) is 2. The standard InChI is InChI=1S/C17H22N2O2/c1-17(2)9-5-4-6-12(17)15-18-13-10-11(16(20)21)7-8-14(13)19(15)3/h7-8,10,12H,4-6,9H2,1-3H3,(H,20,21). The maximum atomic E-state index is 11.1. The fourth-order valence-electron chi connectivity index (χ4n) is 3.64. The van der Waals surface area contributed by atoms with Gasteiger partial charge in [-0.25, -0.2) is 9.78 Å². The van der Waals surface area contributed by atoms with E-state index in [-0.39, 0.29) is 5.41 Å². The minimum atomic E-state index is -0.901. The maximum absolute atomic E-state index is 11.1. The minimum absolute atomic E-state index is 0.253. The average molecular weight is 286 g/mol. The van der Waals surface area contributed by atoms with Crippen molar-refractivity contribution in [3.8, 4) is 0 Å². The Morgan fingerprint density at radius 3 is 2.81 bits per heavy atom. The Kier molecular flexibility index (Phi) is 3.27. The molecule has 0 radical (unpaired) electrons. The number of carbonyl (C=O) groups is 1. The number of aromatic nitrogens is 2. The summed E-state index contributed by atoms with van der Waals surface area (Å²) in [7, 11) is 2.04. The number of imidazole rings is 1. The average Bonchev–Trinajstić information content (AvgIpc) is 2.75. The fourth-order valence-corrected chi connectivity index (χ4v) is 3.64. The molecule has 3 rings (SSSR count). The van der Waals surface area contributed by atoms with E-state index in [1.807, 2.05) is 13.1 Å². The molecular weight excluding hydrogens is 264 g/mol. The molecule has 112 valence electrons. The number of aryl methyl sites for hydroxylation is 1. The number of aromatic carboxylic acids is 1. The first-order valence-corrected chi connectivity index (χ1v) is 7.60. The van der Waals surface area contributed by atoms with Gasteiger partial charge in [0.05, 0.1) is 16.6 Å². The van der Waals surface area contributed by atoms with E-state index >= 15 is 0 Å². The maximum Gasteiger partial charge on any atom is 0.335 e. The Bertz CT molecular complexity index is 700. The summed E-state index contributed by atoms with van der Waals surface area (Å²) in [6.45, 7) is 4.64. The van der Waals surface area contributed by atoms with Crippen molar-refractivity contribution in [3.05, 3.63) is 29.6 Å². The highest BCUT2D eigenvalue weighted by Gasteiger charge is 2.36. The number of benzene rings is 1. The lowest BCUT2D eigenvalue weighted by atomic mass is 9.68. The zero-order chi connectivity index (χ0) is 15.2. The second kappa shape index (κ2) is 4.86. The van der Waals surface area contributed by atoms with Crippen LogP contribution < -0.4 is 0 Å². The first kappa shape index (κ1) is 14.1. The number of hydrogen-bond donors (Lipinski definition) is 1. The molecule has 1 atom stereocenters. The first-order chi connectivity index (χ1) is 9.90. The molecule has 0 spiro atoms. The Morgan fingerprint density at radius 2 is 2.14 bits per heavy atom. The van der Waals surface area contributed by atoms with Gasteiger partial charge in [-0.15, -0.1) is 0 Å². The van der Waals surface area contributed by atoms with Crippen LogP contribution in [0, 0.1) is 5.41 Å². The van der Waals surface area contributed by atoms with Gasteiger partial charge in [-0.2, -0.15) is 0 Å². The smallest absolute Gasteiger partial charge is 0.335 e. The minimum Gasteiger partial charge on any atom is -0.478 e. The monoisotopic (exact) mass is 286 g/mol. The van der Waals surface area contributed by atoms with Crippen LogP contribution in [0.4, 0.5) is 0 Å². The van der Waals surface area contributed by atoms with Gasteiger partial charge in [0.1, 0.15) is 5.82 Å². The van der Waals surface area contributed by atoms with Crippen molar-refractivity contribution < 1.29 is 9.90 Å². The van der Waals surface area contributed by atoms with Gasteiger partial charge >= 0.3 is 5.97 Å². The molecule has 4 heteroatoms. The molecule has 1 aliphatic rings. The first-order valence-electron chi connectivity index (χ1n) is 7.60. The van der Waals surface area contributed by atoms with E-state index in [1.54, 1.807) is 12.1 Å². The van der Waals surface area contributed by atoms with Crippen molar-refractivity contribution in [2.24, 2.45) is 12.5 Å². The molecule has 2 aromatic rings. The Morgan fingerprint density at radius 1 is 1.38 bits per heavy atom. The summed E-state index contributed by atoms with van der Waals surface area (Å²) in [5.41, 5.74) is 2.35. The predicted molar refractivity (Wildman–Crippen MR) is 82.7 cm³/mol. The zero-order valence-corrected chi connectivity index (χ0v) is 12.9. The second-order valence-corrected chi connectivity index (χ2v) is 6.82. The normalized spacial score (nSPS) is 21.6. The van der Waals surface area contributed by atoms with Crippen molar-refractivity contribution in [3.63, 3.8) is 0 Å². The number of rotatable bonds is 2. The van der Waals surface area contributed by atoms with Crippen molar-refractivity contribution in [1.29, 1.82) is 0 Å². The topological polar surface area (TPSA) is 55.1 Å². The molecule has 1 aliphatic carbocycles. The van der Waals surface area contributed by atoms with E-state index < -0.39 is 5.97 Å². The molecule has 0 bridgehead atoms. The van der Waals surface area contributed by atoms with Crippen LogP contribution >= 0.6 is 0 Å². The second-order valence-electron chi connectivity index (χ2n) is 6.82. The third kappa shape index (κ3) is 2.33. The zero-order valence-electron chi connectivity index (χ0n) is 12.9. The molecule has 1 N–H and O–H groups in total. The fraction of sp³-hybridized carbons (Fsp3) is 0.529. The summed E-state index contributed by atoms with van der Waals surface area (Å²) >= 11 is 0. The third-order valence-corrected chi connectivity index (χ3v) is 4.98. The van der Waals surface area contributed by atoms with Crippen LogP contribution in [0.2, 0.25) is 0 Å². The molecule has 1 unspecified atom stereocenters. The highest BCUT2D eigenvalue weighted by atomic mass is 16.4. The number of fused-ring (bicyclic) bond motifs is 1. The Balaban J connectivity index is 2.10. The van der Waals surface area contributed by atoms with Gasteiger partial charge in [0, 0.05) is 13.0 Å². The highest BCUT2D eigenvalue weighted by molar-refractivity contribution is 5.92. The molecule has 1 heterocycles. The quantitative estimate of drug-likeness (QED) is 0.909. The largest absolute Gasteiger partial charge is 0.478 e. The molecule has 0 amide bonds. The molecule has 1 fully saturated rings. The van der Waals surface area contributed by atoms with E-state index in [2.05, 4.69) is 18.4 Å². The van der Waals surface area contributed by atoms with Crippen molar-refractivity contribution in [2.45, 2.75) is 45.4 Å². The van der Waals surface area contributed by atoms with Crippen LogP contribution in [0.25, 0.3) is 11.0 Å². The van der Waals surface area contributed by atoms with Crippen molar-refractivity contribution in [2.75, 3.05) is 0 Å². The lowest BCUT2D eigenvalue weighted by Crippen LogP contribution is -2.28. The van der Waals surface area contributed by atoms with Crippen LogP contribution in [-0.2, 0) is 7.05 Å². The van der Waals surface area contributed by atoms with Crippen LogP contribution in [0.3, 0.4) is 0 Å². The molecule has 1 aromatic carbocycles. The molecular formula is C17H22N2O2. The summed E-state index contributed by atoms with van der Waals surface area (Å²) in [6, 6.07) is 5.20. The number of carboxylic acid groups (broad SMARTS) is 1. The van der Waals surface area contributed by atoms with E-state index in [4.69, 9.17) is 10.1 Å². The van der Waals surface area contributed by atoms with Gasteiger partial charge in [0.25, 0.3) is 0 Å². The van der Waals surface area contributed by atoms with Gasteiger partial charge in [0.2, 0.25) is 0 Å². The lowest BCUT2D eigenvalue weighted by molar-refractivity contribution is 0.0697. The lowest BCUT2D eigenvalue weighted by Gasteiger charge is -2.38. The van der Waals surface area contributed by atoms with Crippen LogP contribution in [0.5, 0.6) is 0 Å². The van der Waals surface area contributed by atoms with E-state index in [0.717, 1.165) is 23.3 Å². The summed E-state index contributed by atoms with van der Waals surface area (Å²) in [5.74, 6) is 0.635. The van der Waals surface area contributed by atoms with Gasteiger partial charge in [0.15, 0.2) is 0 Å². The van der Waals surface area contributed by atoms with E-state index in [1.165, 1.54) is 19.3 Å². The molecule has 1 saturated carbocycles. The molecule has 0 saturated heterocycles. The Labute approximate surface area is 124 Å². The van der Waals surface area contributed by atoms with Crippen LogP contribution in [0.15, 0.2) is 18.2 Å². The number of nitrogens with zero attached hydrogens (tertiary/aromatic N) is 2. The van der Waals surface area contributed by atoms with Crippen LogP contribution in [0.1, 0.15) is 61.6 Å². The summed E-state index contributed by atoms with van der Waals surface area (Å²) in [5, 5.41) is 9.12. The third-order valence-electron chi connectivity index (χ3n) is 4.98. The molecule has 4 nitrogen and oxygen atoms in total. The Hall–Kier alpha value is -1.84. The van der Waals surface area contributed by atoms with Gasteiger partial charge in [-0.1, -0.05) is 26.7 Å². The van der Waals surface area contributed by atoms with E-state index in [0.29, 0.717) is 11.5 Å². The van der Waals surface area contributed by atoms with Gasteiger partial charge in [-0.05, 0) is 36.5 Å². The highest BCUT2D eigenvalue weighted by Crippen LogP contribution is 2.46. The predicted octanol–water partition coefficient (Wildman–Crippen LogP) is 3.96. The summed E-state index contributed by atoms with van der Waals surface area (Å²) in [6.07, 6.45) is 4.92. The number of carboxylic acids is 1. The van der Waals surface area contributed by atoms with Crippen molar-refractivity contribution in [1.82, 2.24) is 9.55 Å². The van der Waals surface area contributed by atoms with Gasteiger partial charge < -0.3 is 9.67 Å². The van der Waals surface area contributed by atoms with Crippen LogP contribution in [-0.4, -0.2) is 20.6 Å². The molecule has 1 aromatic heterocycles.